The summed E-state index contributed by atoms with van der Waals surface area (Å²) in [5.41, 5.74) is 4.97. The molecule has 0 aromatic heterocycles. The number of carboxylic acids is 1. The highest BCUT2D eigenvalue weighted by Crippen LogP contribution is 2.24. The molecular weight excluding hydrogens is 217 g/mol. The number of aromatic carboxylic acids is 1. The van der Waals surface area contributed by atoms with Crippen molar-refractivity contribution in [2.75, 3.05) is 18.9 Å². The first kappa shape index (κ1) is 12.3. The van der Waals surface area contributed by atoms with Crippen molar-refractivity contribution in [2.24, 2.45) is 0 Å². The van der Waals surface area contributed by atoms with Gasteiger partial charge in [-0.25, -0.2) is 9.18 Å². The predicted molar refractivity (Wildman–Crippen MR) is 55.0 cm³/mol. The van der Waals surface area contributed by atoms with Gasteiger partial charge in [0.15, 0.2) is 11.6 Å². The molecule has 1 aromatic carbocycles. The van der Waals surface area contributed by atoms with E-state index >= 15 is 0 Å². The van der Waals surface area contributed by atoms with E-state index in [-0.39, 0.29) is 30.2 Å². The molecule has 6 heteroatoms. The minimum absolute atomic E-state index is 0.0810. The molecule has 0 atom stereocenters. The number of carboxylic acid groups (broad SMARTS) is 1. The first-order chi connectivity index (χ1) is 7.56. The number of hydrogen-bond acceptors (Lipinski definition) is 4. The lowest BCUT2D eigenvalue weighted by molar-refractivity contribution is 0.0697. The maximum atomic E-state index is 13.3. The van der Waals surface area contributed by atoms with Crippen molar-refractivity contribution < 1.29 is 24.1 Å². The summed E-state index contributed by atoms with van der Waals surface area (Å²) in [4.78, 5) is 10.7. The van der Waals surface area contributed by atoms with Gasteiger partial charge in [0, 0.05) is 24.8 Å². The van der Waals surface area contributed by atoms with Crippen LogP contribution in [0, 0.1) is 5.82 Å². The summed E-state index contributed by atoms with van der Waals surface area (Å²) in [6.45, 7) is 0.0266. The minimum Gasteiger partial charge on any atom is -0.490 e. The number of anilines is 1. The van der Waals surface area contributed by atoms with Crippen LogP contribution in [0.25, 0.3) is 0 Å². The van der Waals surface area contributed by atoms with Crippen LogP contribution in [0.15, 0.2) is 12.1 Å². The van der Waals surface area contributed by atoms with Crippen molar-refractivity contribution in [1.29, 1.82) is 0 Å². The van der Waals surface area contributed by atoms with E-state index < -0.39 is 11.8 Å². The minimum atomic E-state index is -1.25. The van der Waals surface area contributed by atoms with Crippen molar-refractivity contribution in [3.8, 4) is 5.75 Å². The van der Waals surface area contributed by atoms with E-state index in [0.29, 0.717) is 6.42 Å². The zero-order valence-electron chi connectivity index (χ0n) is 8.44. The Balaban J connectivity index is 2.91. The SMILES string of the molecule is Nc1cc(F)c(OCCCO)cc1C(=O)O. The van der Waals surface area contributed by atoms with Gasteiger partial charge >= 0.3 is 5.97 Å². The molecule has 0 aliphatic rings. The van der Waals surface area contributed by atoms with Crippen LogP contribution >= 0.6 is 0 Å². The summed E-state index contributed by atoms with van der Waals surface area (Å²) >= 11 is 0. The Hall–Kier alpha value is -1.82. The van der Waals surface area contributed by atoms with E-state index in [9.17, 15) is 9.18 Å². The Morgan fingerprint density at radius 2 is 2.19 bits per heavy atom. The molecule has 5 nitrogen and oxygen atoms in total. The number of carbonyl (C=O) groups is 1. The number of nitrogens with two attached hydrogens (primary N) is 1. The van der Waals surface area contributed by atoms with E-state index in [1.807, 2.05) is 0 Å². The van der Waals surface area contributed by atoms with Crippen molar-refractivity contribution in [3.63, 3.8) is 0 Å². The van der Waals surface area contributed by atoms with Crippen molar-refractivity contribution in [3.05, 3.63) is 23.5 Å². The lowest BCUT2D eigenvalue weighted by Crippen LogP contribution is -2.06. The van der Waals surface area contributed by atoms with Gasteiger partial charge in [-0.15, -0.1) is 0 Å². The first-order valence-electron chi connectivity index (χ1n) is 4.62. The molecule has 0 aliphatic heterocycles. The zero-order valence-corrected chi connectivity index (χ0v) is 8.44. The van der Waals surface area contributed by atoms with Crippen molar-refractivity contribution in [2.45, 2.75) is 6.42 Å². The van der Waals surface area contributed by atoms with Gasteiger partial charge in [0.05, 0.1) is 12.2 Å². The fourth-order valence-electron chi connectivity index (χ4n) is 1.11. The summed E-state index contributed by atoms with van der Waals surface area (Å²) in [6.07, 6.45) is 0.340. The van der Waals surface area contributed by atoms with Gasteiger partial charge in [-0.2, -0.15) is 0 Å². The monoisotopic (exact) mass is 229 g/mol. The molecule has 0 spiro atoms. The Morgan fingerprint density at radius 3 is 2.75 bits per heavy atom. The molecule has 1 aromatic rings. The highest BCUT2D eigenvalue weighted by atomic mass is 19.1. The fourth-order valence-corrected chi connectivity index (χ4v) is 1.11. The molecule has 0 radical (unpaired) electrons. The molecule has 0 unspecified atom stereocenters. The molecule has 0 aliphatic carbocycles. The molecule has 16 heavy (non-hydrogen) atoms. The Kier molecular flexibility index (Phi) is 4.07. The van der Waals surface area contributed by atoms with Crippen LogP contribution in [-0.4, -0.2) is 29.4 Å². The van der Waals surface area contributed by atoms with Gasteiger partial charge in [-0.1, -0.05) is 0 Å². The quantitative estimate of drug-likeness (QED) is 0.514. The predicted octanol–water partition coefficient (Wildman–Crippen LogP) is 0.867. The maximum absolute atomic E-state index is 13.3. The van der Waals surface area contributed by atoms with E-state index in [4.69, 9.17) is 20.7 Å². The second-order valence-electron chi connectivity index (χ2n) is 3.10. The van der Waals surface area contributed by atoms with E-state index in [0.717, 1.165) is 12.1 Å². The maximum Gasteiger partial charge on any atom is 0.337 e. The number of aliphatic hydroxyl groups excluding tert-OH is 1. The fraction of sp³-hybridized carbons (Fsp3) is 0.300. The lowest BCUT2D eigenvalue weighted by Gasteiger charge is -2.08. The molecule has 0 bridgehead atoms. The second kappa shape index (κ2) is 5.32. The molecule has 0 saturated heterocycles. The molecule has 1 rings (SSSR count). The number of rotatable bonds is 5. The van der Waals surface area contributed by atoms with Gasteiger partial charge in [0.25, 0.3) is 0 Å². The summed E-state index contributed by atoms with van der Waals surface area (Å²) in [5.74, 6) is -2.15. The molecule has 4 N–H and O–H groups in total. The average molecular weight is 229 g/mol. The van der Waals surface area contributed by atoms with Crippen LogP contribution in [0.2, 0.25) is 0 Å². The third kappa shape index (κ3) is 2.83. The number of halogens is 1. The summed E-state index contributed by atoms with van der Waals surface area (Å²) < 4.78 is 18.2. The highest BCUT2D eigenvalue weighted by molar-refractivity contribution is 5.94. The largest absolute Gasteiger partial charge is 0.490 e. The summed E-state index contributed by atoms with van der Waals surface area (Å²) in [6, 6.07) is 1.93. The summed E-state index contributed by atoms with van der Waals surface area (Å²) in [7, 11) is 0. The van der Waals surface area contributed by atoms with Crippen LogP contribution in [0.3, 0.4) is 0 Å². The third-order valence-corrected chi connectivity index (χ3v) is 1.89. The second-order valence-corrected chi connectivity index (χ2v) is 3.10. The number of aliphatic hydroxyl groups is 1. The lowest BCUT2D eigenvalue weighted by atomic mass is 10.1. The van der Waals surface area contributed by atoms with Crippen LogP contribution in [0.1, 0.15) is 16.8 Å². The molecule has 0 fully saturated rings. The smallest absolute Gasteiger partial charge is 0.337 e. The van der Waals surface area contributed by atoms with E-state index in [2.05, 4.69) is 0 Å². The molecule has 0 saturated carbocycles. The Morgan fingerprint density at radius 1 is 1.50 bits per heavy atom. The normalized spacial score (nSPS) is 10.1. The molecular formula is C10H12FNO4. The average Bonchev–Trinajstić information content (AvgIpc) is 2.21. The molecule has 0 heterocycles. The van der Waals surface area contributed by atoms with E-state index in [1.165, 1.54) is 0 Å². The van der Waals surface area contributed by atoms with Gasteiger partial charge in [0.2, 0.25) is 0 Å². The van der Waals surface area contributed by atoms with Crippen molar-refractivity contribution in [1.82, 2.24) is 0 Å². The first-order valence-corrected chi connectivity index (χ1v) is 4.62. The third-order valence-electron chi connectivity index (χ3n) is 1.89. The Bertz CT molecular complexity index is 395. The number of hydrogen-bond donors (Lipinski definition) is 3. The highest BCUT2D eigenvalue weighted by Gasteiger charge is 2.13. The molecule has 0 amide bonds. The molecule has 88 valence electrons. The van der Waals surface area contributed by atoms with Crippen LogP contribution in [0.5, 0.6) is 5.75 Å². The standard InChI is InChI=1S/C10H12FNO4/c11-7-5-8(12)6(10(14)15)4-9(7)16-3-1-2-13/h4-5,13H,1-3,12H2,(H,14,15). The van der Waals surface area contributed by atoms with Crippen LogP contribution in [-0.2, 0) is 0 Å². The van der Waals surface area contributed by atoms with Crippen molar-refractivity contribution >= 4 is 11.7 Å². The van der Waals surface area contributed by atoms with Crippen LogP contribution < -0.4 is 10.5 Å². The number of benzene rings is 1. The zero-order chi connectivity index (χ0) is 12.1. The van der Waals surface area contributed by atoms with Gasteiger partial charge in [-0.3, -0.25) is 0 Å². The van der Waals surface area contributed by atoms with Gasteiger partial charge < -0.3 is 20.7 Å². The number of nitrogen functional groups attached to an aromatic ring is 1. The van der Waals surface area contributed by atoms with Gasteiger partial charge in [-0.05, 0) is 6.07 Å². The van der Waals surface area contributed by atoms with E-state index in [1.54, 1.807) is 0 Å². The number of ether oxygens (including phenoxy) is 1. The van der Waals surface area contributed by atoms with Crippen LogP contribution in [0.4, 0.5) is 10.1 Å². The van der Waals surface area contributed by atoms with Gasteiger partial charge in [0.1, 0.15) is 0 Å². The topological polar surface area (TPSA) is 92.8 Å². The Labute approximate surface area is 91.3 Å². The summed E-state index contributed by atoms with van der Waals surface area (Å²) in [5, 5.41) is 17.3.